The van der Waals surface area contributed by atoms with E-state index in [0.717, 1.165) is 0 Å². The molecule has 0 aliphatic carbocycles. The number of hydrogen-bond acceptors (Lipinski definition) is 4. The van der Waals surface area contributed by atoms with Crippen LogP contribution in [0.15, 0.2) is 54.6 Å². The second-order valence-corrected chi connectivity index (χ2v) is 4.79. The third-order valence-electron chi connectivity index (χ3n) is 3.40. The first-order valence-corrected chi connectivity index (χ1v) is 6.61. The lowest BCUT2D eigenvalue weighted by Gasteiger charge is -2.13. The highest BCUT2D eigenvalue weighted by Crippen LogP contribution is 2.44. The van der Waals surface area contributed by atoms with Gasteiger partial charge < -0.3 is 20.6 Å². The first kappa shape index (κ1) is 13.8. The fourth-order valence-electron chi connectivity index (χ4n) is 2.34. The molecule has 3 rings (SSSR count). The predicted molar refractivity (Wildman–Crippen MR) is 83.3 cm³/mol. The van der Waals surface area contributed by atoms with E-state index < -0.39 is 23.2 Å². The van der Waals surface area contributed by atoms with Crippen LogP contribution in [0, 0.1) is 0 Å². The summed E-state index contributed by atoms with van der Waals surface area (Å²) in [4.78, 5) is 12.4. The lowest BCUT2D eigenvalue weighted by molar-refractivity contribution is 0.102. The first-order chi connectivity index (χ1) is 10.6. The van der Waals surface area contributed by atoms with Crippen LogP contribution < -0.4 is 5.32 Å². The summed E-state index contributed by atoms with van der Waals surface area (Å²) in [5.74, 6) is -2.39. The molecule has 110 valence electrons. The molecule has 0 atom stereocenters. The van der Waals surface area contributed by atoms with Gasteiger partial charge in [0.25, 0.3) is 5.91 Å². The third kappa shape index (κ3) is 2.18. The van der Waals surface area contributed by atoms with Gasteiger partial charge >= 0.3 is 0 Å². The Bertz CT molecular complexity index is 859. The van der Waals surface area contributed by atoms with E-state index in [4.69, 9.17) is 0 Å². The molecule has 0 aliphatic heterocycles. The molecule has 1 amide bonds. The molecule has 0 spiro atoms. The average molecular weight is 295 g/mol. The number of fused-ring (bicyclic) bond motifs is 1. The molecule has 0 bridgehead atoms. The van der Waals surface area contributed by atoms with Crippen LogP contribution in [0.4, 0.5) is 5.69 Å². The van der Waals surface area contributed by atoms with Crippen LogP contribution in [-0.2, 0) is 0 Å². The van der Waals surface area contributed by atoms with Gasteiger partial charge in [0, 0.05) is 16.5 Å². The molecule has 0 saturated carbocycles. The molecule has 0 aromatic heterocycles. The van der Waals surface area contributed by atoms with Crippen LogP contribution in [0.3, 0.4) is 0 Å². The molecule has 5 heteroatoms. The average Bonchev–Trinajstić information content (AvgIpc) is 2.54. The highest BCUT2D eigenvalue weighted by atomic mass is 16.3. The quantitative estimate of drug-likeness (QED) is 0.546. The fraction of sp³-hybridized carbons (Fsp3) is 0. The van der Waals surface area contributed by atoms with Gasteiger partial charge in [0.1, 0.15) is 0 Å². The van der Waals surface area contributed by atoms with Gasteiger partial charge in [0.15, 0.2) is 11.5 Å². The Labute approximate surface area is 126 Å². The molecule has 0 unspecified atom stereocenters. The van der Waals surface area contributed by atoms with Gasteiger partial charge in [-0.15, -0.1) is 0 Å². The van der Waals surface area contributed by atoms with E-state index in [1.807, 2.05) is 6.07 Å². The lowest BCUT2D eigenvalue weighted by atomic mass is 10.0. The minimum atomic E-state index is -0.711. The van der Waals surface area contributed by atoms with E-state index in [2.05, 4.69) is 5.32 Å². The molecule has 3 aromatic carbocycles. The maximum absolute atomic E-state index is 12.4. The van der Waals surface area contributed by atoms with Crippen LogP contribution in [0.1, 0.15) is 10.4 Å². The van der Waals surface area contributed by atoms with Crippen LogP contribution >= 0.6 is 0 Å². The second kappa shape index (κ2) is 5.29. The summed E-state index contributed by atoms with van der Waals surface area (Å²) in [6, 6.07) is 15.2. The summed E-state index contributed by atoms with van der Waals surface area (Å²) in [5, 5.41) is 33.1. The van der Waals surface area contributed by atoms with Crippen molar-refractivity contribution in [1.82, 2.24) is 0 Å². The lowest BCUT2D eigenvalue weighted by Crippen LogP contribution is -2.12. The summed E-state index contributed by atoms with van der Waals surface area (Å²) in [6.07, 6.45) is 0. The molecule has 0 radical (unpaired) electrons. The van der Waals surface area contributed by atoms with Crippen molar-refractivity contribution in [1.29, 1.82) is 0 Å². The summed E-state index contributed by atoms with van der Waals surface area (Å²) in [7, 11) is 0. The Morgan fingerprint density at radius 1 is 0.727 bits per heavy atom. The number of nitrogens with one attached hydrogen (secondary N) is 1. The van der Waals surface area contributed by atoms with Crippen LogP contribution in [0.5, 0.6) is 17.2 Å². The first-order valence-electron chi connectivity index (χ1n) is 6.61. The Morgan fingerprint density at radius 3 is 2.00 bits per heavy atom. The van der Waals surface area contributed by atoms with Gasteiger partial charge in [-0.05, 0) is 12.1 Å². The van der Waals surface area contributed by atoms with Gasteiger partial charge in [0.05, 0.1) is 5.56 Å². The Morgan fingerprint density at radius 2 is 1.32 bits per heavy atom. The van der Waals surface area contributed by atoms with Gasteiger partial charge in [-0.25, -0.2) is 0 Å². The molecule has 0 fully saturated rings. The van der Waals surface area contributed by atoms with E-state index >= 15 is 0 Å². The van der Waals surface area contributed by atoms with Crippen molar-refractivity contribution in [3.63, 3.8) is 0 Å². The van der Waals surface area contributed by atoms with E-state index in [-0.39, 0.29) is 10.9 Å². The standard InChI is InChI=1S/C17H13NO4/c19-14-12-9-5-4-8-11(12)13(15(20)16(14)21)17(22)18-10-6-2-1-3-7-10/h1-9,19-21H,(H,18,22). The Balaban J connectivity index is 2.16. The number of anilines is 1. The zero-order valence-corrected chi connectivity index (χ0v) is 11.4. The van der Waals surface area contributed by atoms with Gasteiger partial charge in [0.2, 0.25) is 5.75 Å². The number of aromatic hydroxyl groups is 3. The van der Waals surface area contributed by atoms with Crippen LogP contribution in [0.25, 0.3) is 10.8 Å². The number of phenolic OH excluding ortho intramolecular Hbond substituents is 3. The molecular weight excluding hydrogens is 282 g/mol. The summed E-state index contributed by atoms with van der Waals surface area (Å²) >= 11 is 0. The summed E-state index contributed by atoms with van der Waals surface area (Å²) in [5.41, 5.74) is 0.471. The molecular formula is C17H13NO4. The zero-order chi connectivity index (χ0) is 15.7. The van der Waals surface area contributed by atoms with Crippen molar-refractivity contribution in [3.05, 3.63) is 60.2 Å². The number of hydrogen-bond donors (Lipinski definition) is 4. The predicted octanol–water partition coefficient (Wildman–Crippen LogP) is 3.21. The smallest absolute Gasteiger partial charge is 0.260 e. The monoisotopic (exact) mass is 295 g/mol. The normalized spacial score (nSPS) is 10.5. The van der Waals surface area contributed by atoms with Crippen molar-refractivity contribution >= 4 is 22.4 Å². The minimum absolute atomic E-state index is 0.0882. The van der Waals surface area contributed by atoms with Gasteiger partial charge in [-0.3, -0.25) is 4.79 Å². The second-order valence-electron chi connectivity index (χ2n) is 4.79. The van der Waals surface area contributed by atoms with Crippen molar-refractivity contribution in [2.24, 2.45) is 0 Å². The van der Waals surface area contributed by atoms with E-state index in [9.17, 15) is 20.1 Å². The number of para-hydroxylation sites is 1. The number of carbonyl (C=O) groups excluding carboxylic acids is 1. The fourth-order valence-corrected chi connectivity index (χ4v) is 2.34. The maximum atomic E-state index is 12.4. The highest BCUT2D eigenvalue weighted by Gasteiger charge is 2.22. The Kier molecular flexibility index (Phi) is 3.31. The summed E-state index contributed by atoms with van der Waals surface area (Å²) in [6.45, 7) is 0. The Hall–Kier alpha value is -3.21. The largest absolute Gasteiger partial charge is 0.504 e. The maximum Gasteiger partial charge on any atom is 0.260 e. The van der Waals surface area contributed by atoms with Gasteiger partial charge in [-0.2, -0.15) is 0 Å². The van der Waals surface area contributed by atoms with Crippen molar-refractivity contribution < 1.29 is 20.1 Å². The molecule has 3 aromatic rings. The van der Waals surface area contributed by atoms with Gasteiger partial charge in [-0.1, -0.05) is 42.5 Å². The van der Waals surface area contributed by atoms with Crippen molar-refractivity contribution in [3.8, 4) is 17.2 Å². The van der Waals surface area contributed by atoms with E-state index in [0.29, 0.717) is 11.1 Å². The number of carbonyl (C=O) groups is 1. The van der Waals surface area contributed by atoms with Crippen LogP contribution in [0.2, 0.25) is 0 Å². The van der Waals surface area contributed by atoms with Crippen molar-refractivity contribution in [2.45, 2.75) is 0 Å². The van der Waals surface area contributed by atoms with Crippen molar-refractivity contribution in [2.75, 3.05) is 5.32 Å². The molecule has 0 saturated heterocycles. The molecule has 0 heterocycles. The number of phenols is 3. The molecule has 4 N–H and O–H groups in total. The number of rotatable bonds is 2. The van der Waals surface area contributed by atoms with E-state index in [1.165, 1.54) is 0 Å². The number of benzene rings is 3. The zero-order valence-electron chi connectivity index (χ0n) is 11.4. The number of amides is 1. The van der Waals surface area contributed by atoms with Crippen LogP contribution in [-0.4, -0.2) is 21.2 Å². The topological polar surface area (TPSA) is 89.8 Å². The molecule has 22 heavy (non-hydrogen) atoms. The summed E-state index contributed by atoms with van der Waals surface area (Å²) < 4.78 is 0. The van der Waals surface area contributed by atoms with E-state index in [1.54, 1.807) is 48.5 Å². The SMILES string of the molecule is O=C(Nc1ccccc1)c1c(O)c(O)c(O)c2ccccc12. The third-order valence-corrected chi connectivity index (χ3v) is 3.40. The minimum Gasteiger partial charge on any atom is -0.504 e. The highest BCUT2D eigenvalue weighted by molar-refractivity contribution is 6.17. The molecule has 5 nitrogen and oxygen atoms in total. The molecule has 0 aliphatic rings.